The Bertz CT molecular complexity index is 1280. The normalized spacial score (nSPS) is 13.7. The number of rotatable bonds is 6. The van der Waals surface area contributed by atoms with Gasteiger partial charge in [0.2, 0.25) is 5.91 Å². The number of hydrogen-bond acceptors (Lipinski definition) is 4. The molecule has 5 nitrogen and oxygen atoms in total. The predicted octanol–water partition coefficient (Wildman–Crippen LogP) is 4.58. The molecule has 0 spiro atoms. The maximum atomic E-state index is 13.2. The number of sulfone groups is 1. The average Bonchev–Trinajstić information content (AvgIpc) is 3.12. The summed E-state index contributed by atoms with van der Waals surface area (Å²) >= 11 is 6.14. The minimum absolute atomic E-state index is 0.0850. The number of nitrogens with zero attached hydrogens (tertiary/aromatic N) is 1. The van der Waals surface area contributed by atoms with Crippen LogP contribution in [0.25, 0.3) is 0 Å². The quantitative estimate of drug-likeness (QED) is 0.570. The summed E-state index contributed by atoms with van der Waals surface area (Å²) in [7, 11) is -3.50. The Morgan fingerprint density at radius 2 is 1.81 bits per heavy atom. The van der Waals surface area contributed by atoms with Crippen molar-refractivity contribution in [1.82, 2.24) is 4.90 Å². The van der Waals surface area contributed by atoms with Crippen molar-refractivity contribution in [3.8, 4) is 0 Å². The molecule has 0 bridgehead atoms. The first kappa shape index (κ1) is 22.5. The summed E-state index contributed by atoms with van der Waals surface area (Å²) in [5.41, 5.74) is 3.65. The van der Waals surface area contributed by atoms with Gasteiger partial charge in [-0.2, -0.15) is 0 Å². The topological polar surface area (TPSA) is 66.5 Å². The first-order chi connectivity index (χ1) is 15.2. The third-order valence-corrected chi connectivity index (χ3v) is 6.92. The summed E-state index contributed by atoms with van der Waals surface area (Å²) in [5.74, 6) is -0.575. The van der Waals surface area contributed by atoms with E-state index in [4.69, 9.17) is 11.6 Å². The second-order valence-electron chi connectivity index (χ2n) is 7.97. The summed E-state index contributed by atoms with van der Waals surface area (Å²) in [6.07, 6.45) is 1.25. The second-order valence-corrected chi connectivity index (χ2v) is 10.4. The third kappa shape index (κ3) is 5.18. The zero-order chi connectivity index (χ0) is 22.9. The first-order valence-corrected chi connectivity index (χ1v) is 12.3. The van der Waals surface area contributed by atoms with Crippen LogP contribution in [0.15, 0.2) is 65.6 Å². The van der Waals surface area contributed by atoms with E-state index in [0.717, 1.165) is 16.7 Å². The zero-order valence-electron chi connectivity index (χ0n) is 17.4. The number of fused-ring (bicyclic) bond motifs is 1. The predicted molar refractivity (Wildman–Crippen MR) is 123 cm³/mol. The standard InChI is InChI=1S/C24H22ClFN2O3S/c1-32(30,31)23-12-20(27-24(29)11-17-4-2-3-5-22(17)25)10-18-14-28(15-21(18)23)13-16-6-8-19(26)9-7-16/h2-10,12H,11,13-15H2,1H3,(H,27,29). The molecule has 0 atom stereocenters. The second kappa shape index (κ2) is 9.02. The van der Waals surface area contributed by atoms with Gasteiger partial charge in [0.05, 0.1) is 11.3 Å². The Morgan fingerprint density at radius 3 is 2.50 bits per heavy atom. The number of carbonyl (C=O) groups is 1. The molecule has 166 valence electrons. The van der Waals surface area contributed by atoms with Gasteiger partial charge in [0.1, 0.15) is 5.82 Å². The van der Waals surface area contributed by atoms with E-state index < -0.39 is 9.84 Å². The molecule has 3 aromatic carbocycles. The molecule has 0 aliphatic carbocycles. The Kier molecular flexibility index (Phi) is 6.33. The monoisotopic (exact) mass is 472 g/mol. The van der Waals surface area contributed by atoms with E-state index in [2.05, 4.69) is 10.2 Å². The molecular formula is C24H22ClFN2O3S. The lowest BCUT2D eigenvalue weighted by atomic mass is 10.1. The Hall–Kier alpha value is -2.74. The molecule has 0 unspecified atom stereocenters. The van der Waals surface area contributed by atoms with E-state index in [1.54, 1.807) is 36.4 Å². The summed E-state index contributed by atoms with van der Waals surface area (Å²) in [5, 5.41) is 3.31. The van der Waals surface area contributed by atoms with Crippen LogP contribution in [0.5, 0.6) is 0 Å². The molecule has 0 aromatic heterocycles. The Morgan fingerprint density at radius 1 is 1.09 bits per heavy atom. The van der Waals surface area contributed by atoms with Gasteiger partial charge in [0.15, 0.2) is 9.84 Å². The van der Waals surface area contributed by atoms with Gasteiger partial charge in [-0.1, -0.05) is 41.9 Å². The smallest absolute Gasteiger partial charge is 0.228 e. The molecule has 0 saturated carbocycles. The van der Waals surface area contributed by atoms with E-state index in [1.807, 2.05) is 6.07 Å². The molecule has 1 N–H and O–H groups in total. The summed E-state index contributed by atoms with van der Waals surface area (Å²) in [4.78, 5) is 14.9. The summed E-state index contributed by atoms with van der Waals surface area (Å²) in [6, 6.07) is 16.7. The molecule has 32 heavy (non-hydrogen) atoms. The van der Waals surface area contributed by atoms with Crippen LogP contribution in [0.3, 0.4) is 0 Å². The van der Waals surface area contributed by atoms with Gasteiger partial charge in [-0.3, -0.25) is 9.69 Å². The van der Waals surface area contributed by atoms with Gasteiger partial charge in [0.25, 0.3) is 0 Å². The molecule has 4 rings (SSSR count). The van der Waals surface area contributed by atoms with E-state index in [-0.39, 0.29) is 23.0 Å². The fourth-order valence-electron chi connectivity index (χ4n) is 3.93. The largest absolute Gasteiger partial charge is 0.326 e. The van der Waals surface area contributed by atoms with Gasteiger partial charge in [-0.25, -0.2) is 12.8 Å². The van der Waals surface area contributed by atoms with Crippen molar-refractivity contribution < 1.29 is 17.6 Å². The van der Waals surface area contributed by atoms with Crippen molar-refractivity contribution in [2.45, 2.75) is 31.0 Å². The SMILES string of the molecule is CS(=O)(=O)c1cc(NC(=O)Cc2ccccc2Cl)cc2c1CN(Cc1ccc(F)cc1)C2. The van der Waals surface area contributed by atoms with Crippen molar-refractivity contribution in [1.29, 1.82) is 0 Å². The minimum Gasteiger partial charge on any atom is -0.326 e. The van der Waals surface area contributed by atoms with Crippen LogP contribution in [0, 0.1) is 5.82 Å². The van der Waals surface area contributed by atoms with Crippen molar-refractivity contribution in [2.75, 3.05) is 11.6 Å². The zero-order valence-corrected chi connectivity index (χ0v) is 19.0. The van der Waals surface area contributed by atoms with Crippen molar-refractivity contribution in [3.63, 3.8) is 0 Å². The molecule has 0 fully saturated rings. The lowest BCUT2D eigenvalue weighted by molar-refractivity contribution is -0.115. The molecule has 3 aromatic rings. The number of halogens is 2. The number of benzene rings is 3. The van der Waals surface area contributed by atoms with Crippen LogP contribution in [-0.2, 0) is 40.7 Å². The molecule has 1 amide bonds. The van der Waals surface area contributed by atoms with E-state index in [1.165, 1.54) is 24.5 Å². The lowest BCUT2D eigenvalue weighted by Gasteiger charge is -2.14. The Balaban J connectivity index is 1.56. The van der Waals surface area contributed by atoms with Gasteiger partial charge >= 0.3 is 0 Å². The highest BCUT2D eigenvalue weighted by molar-refractivity contribution is 7.90. The number of carbonyl (C=O) groups excluding carboxylic acids is 1. The van der Waals surface area contributed by atoms with Gasteiger partial charge in [-0.15, -0.1) is 0 Å². The van der Waals surface area contributed by atoms with Crippen LogP contribution >= 0.6 is 11.6 Å². The van der Waals surface area contributed by atoms with Crippen molar-refractivity contribution >= 4 is 33.0 Å². The van der Waals surface area contributed by atoms with Crippen molar-refractivity contribution in [3.05, 3.63) is 93.8 Å². The summed E-state index contributed by atoms with van der Waals surface area (Å²) < 4.78 is 38.1. The maximum Gasteiger partial charge on any atom is 0.228 e. The maximum absolute atomic E-state index is 13.2. The van der Waals surface area contributed by atoms with Crippen LogP contribution in [0.2, 0.25) is 5.02 Å². The van der Waals surface area contributed by atoms with Gasteiger partial charge in [0, 0.05) is 36.6 Å². The molecule has 8 heteroatoms. The molecule has 1 heterocycles. The molecule has 1 aliphatic rings. The van der Waals surface area contributed by atoms with Gasteiger partial charge < -0.3 is 5.32 Å². The highest BCUT2D eigenvalue weighted by Crippen LogP contribution is 2.33. The van der Waals surface area contributed by atoms with Crippen LogP contribution in [0.1, 0.15) is 22.3 Å². The average molecular weight is 473 g/mol. The number of hydrogen-bond donors (Lipinski definition) is 1. The van der Waals surface area contributed by atoms with Gasteiger partial charge in [-0.05, 0) is 52.6 Å². The molecular weight excluding hydrogens is 451 g/mol. The molecule has 1 aliphatic heterocycles. The van der Waals surface area contributed by atoms with Crippen LogP contribution in [0.4, 0.5) is 10.1 Å². The lowest BCUT2D eigenvalue weighted by Crippen LogP contribution is -2.16. The van der Waals surface area contributed by atoms with E-state index >= 15 is 0 Å². The highest BCUT2D eigenvalue weighted by Gasteiger charge is 2.27. The summed E-state index contributed by atoms with van der Waals surface area (Å²) in [6.45, 7) is 1.55. The third-order valence-electron chi connectivity index (χ3n) is 5.39. The number of anilines is 1. The molecule has 0 saturated heterocycles. The fourth-order valence-corrected chi connectivity index (χ4v) is 5.11. The molecule has 0 radical (unpaired) electrons. The van der Waals surface area contributed by atoms with E-state index in [9.17, 15) is 17.6 Å². The highest BCUT2D eigenvalue weighted by atomic mass is 35.5. The first-order valence-electron chi connectivity index (χ1n) is 10.0. The van der Waals surface area contributed by atoms with Crippen LogP contribution in [-0.4, -0.2) is 25.5 Å². The van der Waals surface area contributed by atoms with Crippen molar-refractivity contribution in [2.24, 2.45) is 0 Å². The fraction of sp³-hybridized carbons (Fsp3) is 0.208. The minimum atomic E-state index is -3.50. The van der Waals surface area contributed by atoms with E-state index in [0.29, 0.717) is 35.9 Å². The number of nitrogens with one attached hydrogen (secondary N) is 1. The Labute approximate surface area is 191 Å². The van der Waals surface area contributed by atoms with Crippen LogP contribution < -0.4 is 5.32 Å². The number of amides is 1.